The minimum absolute atomic E-state index is 0.122. The summed E-state index contributed by atoms with van der Waals surface area (Å²) >= 11 is 10.0. The maximum absolute atomic E-state index is 12.1. The first-order valence-electron chi connectivity index (χ1n) is 10.7. The molecule has 0 radical (unpaired) electrons. The predicted molar refractivity (Wildman–Crippen MR) is 121 cm³/mol. The third-order valence-electron chi connectivity index (χ3n) is 6.54. The summed E-state index contributed by atoms with van der Waals surface area (Å²) in [6, 6.07) is 4.54. The van der Waals surface area contributed by atoms with Crippen LogP contribution < -0.4 is 4.90 Å². The Morgan fingerprint density at radius 2 is 2.03 bits per heavy atom. The van der Waals surface area contributed by atoms with Crippen molar-refractivity contribution in [2.24, 2.45) is 0 Å². The van der Waals surface area contributed by atoms with Crippen molar-refractivity contribution in [3.63, 3.8) is 0 Å². The van der Waals surface area contributed by atoms with Crippen LogP contribution in [0.1, 0.15) is 49.0 Å². The molecular weight excluding hydrogens is 468 g/mol. The van der Waals surface area contributed by atoms with Gasteiger partial charge in [-0.05, 0) is 59.3 Å². The molecule has 0 bridgehead atoms. The van der Waals surface area contributed by atoms with E-state index in [0.29, 0.717) is 17.6 Å². The maximum atomic E-state index is 12.1. The van der Waals surface area contributed by atoms with Gasteiger partial charge in [-0.1, -0.05) is 11.6 Å². The number of aromatic nitrogens is 2. The molecule has 0 unspecified atom stereocenters. The van der Waals surface area contributed by atoms with Crippen molar-refractivity contribution in [1.29, 1.82) is 0 Å². The number of fused-ring (bicyclic) bond motifs is 2. The Morgan fingerprint density at radius 1 is 1.23 bits per heavy atom. The molecule has 30 heavy (non-hydrogen) atoms. The summed E-state index contributed by atoms with van der Waals surface area (Å²) < 4.78 is 8.77. The second-order valence-corrected chi connectivity index (χ2v) is 9.64. The number of ether oxygens (including phenoxy) is 1. The van der Waals surface area contributed by atoms with Gasteiger partial charge in [0.15, 0.2) is 5.82 Å². The van der Waals surface area contributed by atoms with E-state index < -0.39 is 0 Å². The maximum Gasteiger partial charge on any atom is 0.219 e. The number of amides is 1. The topological polar surface area (TPSA) is 50.6 Å². The van der Waals surface area contributed by atoms with E-state index in [2.05, 4.69) is 31.6 Å². The lowest BCUT2D eigenvalue weighted by atomic mass is 10.00. The second-order valence-electron chi connectivity index (χ2n) is 8.38. The number of nitrogens with zero attached hydrogens (tertiary/aromatic N) is 4. The van der Waals surface area contributed by atoms with Crippen LogP contribution in [0.3, 0.4) is 0 Å². The molecule has 1 fully saturated rings. The van der Waals surface area contributed by atoms with Crippen LogP contribution in [0, 0.1) is 0 Å². The molecule has 0 N–H and O–H groups in total. The van der Waals surface area contributed by atoms with Crippen molar-refractivity contribution >= 4 is 44.9 Å². The lowest BCUT2D eigenvalue weighted by molar-refractivity contribution is -0.129. The number of aryl methyl sites for hydroxylation is 1. The third kappa shape index (κ3) is 3.55. The van der Waals surface area contributed by atoms with E-state index in [-0.39, 0.29) is 5.91 Å². The monoisotopic (exact) mass is 492 g/mol. The molecule has 3 aliphatic heterocycles. The zero-order chi connectivity index (χ0) is 20.8. The fourth-order valence-corrected chi connectivity index (χ4v) is 5.49. The third-order valence-corrected chi connectivity index (χ3v) is 7.74. The van der Waals surface area contributed by atoms with E-state index in [1.54, 1.807) is 6.92 Å². The Morgan fingerprint density at radius 3 is 2.80 bits per heavy atom. The number of rotatable bonds is 2. The number of carbonyl (C=O) groups is 1. The normalized spacial score (nSPS) is 19.6. The summed E-state index contributed by atoms with van der Waals surface area (Å²) in [6.45, 7) is 5.50. The molecule has 0 saturated carbocycles. The van der Waals surface area contributed by atoms with Gasteiger partial charge in [0.05, 0.1) is 17.6 Å². The molecule has 0 spiro atoms. The Kier molecular flexibility index (Phi) is 5.54. The van der Waals surface area contributed by atoms with Crippen LogP contribution in [0.25, 0.3) is 0 Å². The molecule has 1 amide bonds. The Bertz CT molecular complexity index is 986. The van der Waals surface area contributed by atoms with Gasteiger partial charge in [-0.25, -0.2) is 0 Å². The average molecular weight is 494 g/mol. The molecule has 1 aromatic carbocycles. The number of carbonyl (C=O) groups excluding carboxylic acids is 1. The lowest BCUT2D eigenvalue weighted by Gasteiger charge is -2.33. The van der Waals surface area contributed by atoms with Crippen molar-refractivity contribution < 1.29 is 9.53 Å². The highest BCUT2D eigenvalue weighted by atomic mass is 79.9. The number of hydrogen-bond acceptors (Lipinski definition) is 4. The molecule has 0 aliphatic carbocycles. The Balaban J connectivity index is 1.61. The molecule has 6 nitrogen and oxygen atoms in total. The van der Waals surface area contributed by atoms with Gasteiger partial charge in [0.25, 0.3) is 0 Å². The molecule has 5 rings (SSSR count). The van der Waals surface area contributed by atoms with E-state index in [9.17, 15) is 4.79 Å². The summed E-state index contributed by atoms with van der Waals surface area (Å²) in [5, 5.41) is 5.89. The van der Waals surface area contributed by atoms with Gasteiger partial charge >= 0.3 is 0 Å². The summed E-state index contributed by atoms with van der Waals surface area (Å²) in [4.78, 5) is 16.4. The van der Waals surface area contributed by atoms with Gasteiger partial charge < -0.3 is 14.5 Å². The quantitative estimate of drug-likeness (QED) is 0.612. The molecule has 0 atom stereocenters. The van der Waals surface area contributed by atoms with E-state index >= 15 is 0 Å². The highest BCUT2D eigenvalue weighted by Crippen LogP contribution is 2.41. The number of benzene rings is 1. The van der Waals surface area contributed by atoms with E-state index in [1.807, 2.05) is 11.0 Å². The van der Waals surface area contributed by atoms with Gasteiger partial charge in [0.1, 0.15) is 0 Å². The van der Waals surface area contributed by atoms with Crippen molar-refractivity contribution in [2.45, 2.75) is 51.6 Å². The SMILES string of the molecule is CC(=O)N1CCc2c(c(N3CCCc4cc(Br)c(Cl)cc43)nn2C2CCOCC2)C1. The van der Waals surface area contributed by atoms with Gasteiger partial charge in [0, 0.05) is 61.1 Å². The summed E-state index contributed by atoms with van der Waals surface area (Å²) in [5.41, 5.74) is 4.89. The van der Waals surface area contributed by atoms with Crippen LogP contribution >= 0.6 is 27.5 Å². The van der Waals surface area contributed by atoms with Gasteiger partial charge in [-0.15, -0.1) is 0 Å². The molecule has 4 heterocycles. The minimum atomic E-state index is 0.122. The summed E-state index contributed by atoms with van der Waals surface area (Å²) in [7, 11) is 0. The molecule has 8 heteroatoms. The standard InChI is InChI=1S/C22H26BrClN4O2/c1-14(29)26-8-4-20-17(13-26)22(25-28(20)16-5-9-30-10-6-16)27-7-2-3-15-11-18(23)19(24)12-21(15)27/h11-12,16H,2-10,13H2,1H3. The molecule has 2 aromatic rings. The van der Waals surface area contributed by atoms with E-state index in [1.165, 1.54) is 16.8 Å². The Labute approximate surface area is 190 Å². The number of anilines is 2. The summed E-state index contributed by atoms with van der Waals surface area (Å²) in [5.74, 6) is 1.11. The first kappa shape index (κ1) is 20.3. The predicted octanol–water partition coefficient (Wildman–Crippen LogP) is 4.64. The molecular formula is C22H26BrClN4O2. The number of hydrogen-bond donors (Lipinski definition) is 0. The van der Waals surface area contributed by atoms with Gasteiger partial charge in [-0.2, -0.15) is 5.10 Å². The molecule has 3 aliphatic rings. The fourth-order valence-electron chi connectivity index (χ4n) is 4.94. The van der Waals surface area contributed by atoms with E-state index in [4.69, 9.17) is 21.4 Å². The highest BCUT2D eigenvalue weighted by Gasteiger charge is 2.33. The first-order chi connectivity index (χ1) is 14.5. The van der Waals surface area contributed by atoms with Crippen LogP contribution in [0.5, 0.6) is 0 Å². The van der Waals surface area contributed by atoms with Gasteiger partial charge in [-0.3, -0.25) is 9.48 Å². The fraction of sp³-hybridized carbons (Fsp3) is 0.545. The van der Waals surface area contributed by atoms with Crippen molar-refractivity contribution in [1.82, 2.24) is 14.7 Å². The smallest absolute Gasteiger partial charge is 0.219 e. The number of halogens is 2. The first-order valence-corrected chi connectivity index (χ1v) is 11.9. The molecule has 1 saturated heterocycles. The van der Waals surface area contributed by atoms with Crippen LogP contribution in [-0.2, 0) is 28.9 Å². The zero-order valence-corrected chi connectivity index (χ0v) is 19.5. The molecule has 1 aromatic heterocycles. The minimum Gasteiger partial charge on any atom is -0.381 e. The lowest BCUT2D eigenvalue weighted by Crippen LogP contribution is -2.36. The van der Waals surface area contributed by atoms with E-state index in [0.717, 1.165) is 74.4 Å². The average Bonchev–Trinajstić information content (AvgIpc) is 3.13. The van der Waals surface area contributed by atoms with Crippen LogP contribution in [0.15, 0.2) is 16.6 Å². The highest BCUT2D eigenvalue weighted by molar-refractivity contribution is 9.10. The van der Waals surface area contributed by atoms with Crippen LogP contribution in [-0.4, -0.2) is 46.9 Å². The second kappa shape index (κ2) is 8.17. The van der Waals surface area contributed by atoms with Crippen LogP contribution in [0.2, 0.25) is 5.02 Å². The Hall–Kier alpha value is -1.57. The largest absolute Gasteiger partial charge is 0.381 e. The molecule has 160 valence electrons. The summed E-state index contributed by atoms with van der Waals surface area (Å²) in [6.07, 6.45) is 4.92. The zero-order valence-electron chi connectivity index (χ0n) is 17.2. The van der Waals surface area contributed by atoms with Crippen LogP contribution in [0.4, 0.5) is 11.5 Å². The van der Waals surface area contributed by atoms with Crippen molar-refractivity contribution in [3.8, 4) is 0 Å². The van der Waals surface area contributed by atoms with Crippen molar-refractivity contribution in [3.05, 3.63) is 38.4 Å². The van der Waals surface area contributed by atoms with Gasteiger partial charge in [0.2, 0.25) is 5.91 Å². The van der Waals surface area contributed by atoms with Crippen molar-refractivity contribution in [2.75, 3.05) is 31.2 Å².